The van der Waals surface area contributed by atoms with E-state index in [1.54, 1.807) is 18.2 Å². The zero-order chi connectivity index (χ0) is 15.7. The van der Waals surface area contributed by atoms with Gasteiger partial charge in [0.1, 0.15) is 5.75 Å². The van der Waals surface area contributed by atoms with Crippen molar-refractivity contribution in [1.82, 2.24) is 5.32 Å². The van der Waals surface area contributed by atoms with E-state index < -0.39 is 6.61 Å². The van der Waals surface area contributed by atoms with Crippen LogP contribution in [0.2, 0.25) is 0 Å². The summed E-state index contributed by atoms with van der Waals surface area (Å²) in [7, 11) is 0. The standard InChI is InChI=1S/C17H27F2NO/c1-4-5-6-7-9-13(2)20-14(3)15-10-8-11-16(12-15)21-17(18)19/h8,10-14,17,20H,4-7,9H2,1-3H3. The summed E-state index contributed by atoms with van der Waals surface area (Å²) in [6.07, 6.45) is 6.17. The van der Waals surface area contributed by atoms with Crippen molar-refractivity contribution in [2.45, 2.75) is 71.6 Å². The number of benzene rings is 1. The second-order valence-corrected chi connectivity index (χ2v) is 5.59. The summed E-state index contributed by atoms with van der Waals surface area (Å²) in [4.78, 5) is 0. The molecule has 0 heterocycles. The molecular formula is C17H27F2NO. The van der Waals surface area contributed by atoms with Crippen LogP contribution in [0.15, 0.2) is 24.3 Å². The molecule has 0 aliphatic rings. The van der Waals surface area contributed by atoms with Gasteiger partial charge in [0.25, 0.3) is 0 Å². The van der Waals surface area contributed by atoms with Crippen molar-refractivity contribution < 1.29 is 13.5 Å². The van der Waals surface area contributed by atoms with Gasteiger partial charge in [-0.05, 0) is 38.0 Å². The molecule has 1 aromatic rings. The van der Waals surface area contributed by atoms with E-state index in [-0.39, 0.29) is 11.8 Å². The molecule has 0 saturated heterocycles. The highest BCUT2D eigenvalue weighted by Crippen LogP contribution is 2.21. The summed E-state index contributed by atoms with van der Waals surface area (Å²) in [5.74, 6) is 0.215. The van der Waals surface area contributed by atoms with E-state index in [1.165, 1.54) is 25.7 Å². The van der Waals surface area contributed by atoms with Crippen molar-refractivity contribution in [2.24, 2.45) is 0 Å². The maximum absolute atomic E-state index is 12.2. The summed E-state index contributed by atoms with van der Waals surface area (Å²) in [6.45, 7) is 3.64. The van der Waals surface area contributed by atoms with Crippen molar-refractivity contribution >= 4 is 0 Å². The van der Waals surface area contributed by atoms with E-state index in [4.69, 9.17) is 0 Å². The molecule has 2 unspecified atom stereocenters. The number of nitrogens with one attached hydrogen (secondary N) is 1. The third-order valence-corrected chi connectivity index (χ3v) is 3.61. The van der Waals surface area contributed by atoms with Gasteiger partial charge in [0.2, 0.25) is 0 Å². The highest BCUT2D eigenvalue weighted by molar-refractivity contribution is 5.30. The fourth-order valence-electron chi connectivity index (χ4n) is 2.44. The summed E-state index contributed by atoms with van der Waals surface area (Å²) in [5.41, 5.74) is 0.966. The molecule has 0 aliphatic heterocycles. The van der Waals surface area contributed by atoms with Crippen molar-refractivity contribution in [2.75, 3.05) is 0 Å². The van der Waals surface area contributed by atoms with E-state index in [1.807, 2.05) is 13.0 Å². The third-order valence-electron chi connectivity index (χ3n) is 3.61. The number of ether oxygens (including phenoxy) is 1. The Morgan fingerprint density at radius 3 is 2.57 bits per heavy atom. The quantitative estimate of drug-likeness (QED) is 0.592. The first-order valence-corrected chi connectivity index (χ1v) is 7.83. The Bertz CT molecular complexity index is 398. The summed E-state index contributed by atoms with van der Waals surface area (Å²) < 4.78 is 28.9. The van der Waals surface area contributed by atoms with Gasteiger partial charge in [0, 0.05) is 12.1 Å². The van der Waals surface area contributed by atoms with Crippen LogP contribution in [-0.4, -0.2) is 12.7 Å². The minimum Gasteiger partial charge on any atom is -0.435 e. The molecule has 0 aliphatic carbocycles. The molecule has 1 N–H and O–H groups in total. The predicted molar refractivity (Wildman–Crippen MR) is 82.8 cm³/mol. The lowest BCUT2D eigenvalue weighted by atomic mass is 10.0. The van der Waals surface area contributed by atoms with Gasteiger partial charge in [-0.25, -0.2) is 0 Å². The molecule has 0 spiro atoms. The number of alkyl halides is 2. The zero-order valence-electron chi connectivity index (χ0n) is 13.2. The lowest BCUT2D eigenvalue weighted by Crippen LogP contribution is -2.28. The first-order chi connectivity index (χ1) is 10.0. The molecule has 1 rings (SSSR count). The van der Waals surface area contributed by atoms with E-state index >= 15 is 0 Å². The first kappa shape index (κ1) is 17.9. The van der Waals surface area contributed by atoms with Crippen LogP contribution in [0, 0.1) is 0 Å². The summed E-state index contributed by atoms with van der Waals surface area (Å²) in [6, 6.07) is 7.44. The molecule has 4 heteroatoms. The van der Waals surface area contributed by atoms with Crippen LogP contribution in [0.5, 0.6) is 5.75 Å². The lowest BCUT2D eigenvalue weighted by Gasteiger charge is -2.21. The molecule has 0 aromatic heterocycles. The normalized spacial score (nSPS) is 14.2. The highest BCUT2D eigenvalue weighted by Gasteiger charge is 2.11. The van der Waals surface area contributed by atoms with Crippen LogP contribution in [0.1, 0.15) is 64.5 Å². The maximum Gasteiger partial charge on any atom is 0.387 e. The van der Waals surface area contributed by atoms with Gasteiger partial charge in [-0.2, -0.15) is 8.78 Å². The first-order valence-electron chi connectivity index (χ1n) is 7.83. The van der Waals surface area contributed by atoms with Crippen molar-refractivity contribution in [3.05, 3.63) is 29.8 Å². The zero-order valence-corrected chi connectivity index (χ0v) is 13.2. The van der Waals surface area contributed by atoms with Gasteiger partial charge in [-0.3, -0.25) is 0 Å². The van der Waals surface area contributed by atoms with Crippen LogP contribution in [0.3, 0.4) is 0 Å². The average molecular weight is 299 g/mol. The SMILES string of the molecule is CCCCCCC(C)NC(C)c1cccc(OC(F)F)c1. The Labute approximate surface area is 126 Å². The molecule has 2 nitrogen and oxygen atoms in total. The molecule has 0 saturated carbocycles. The molecule has 0 fully saturated rings. The Kier molecular flexibility index (Phi) is 8.28. The molecule has 120 valence electrons. The predicted octanol–water partition coefficient (Wildman–Crippen LogP) is 5.30. The minimum atomic E-state index is -2.78. The minimum absolute atomic E-state index is 0.118. The van der Waals surface area contributed by atoms with Crippen LogP contribution in [0.4, 0.5) is 8.78 Å². The van der Waals surface area contributed by atoms with Crippen LogP contribution < -0.4 is 10.1 Å². The molecule has 2 atom stereocenters. The molecule has 0 bridgehead atoms. The number of unbranched alkanes of at least 4 members (excludes halogenated alkanes) is 3. The smallest absolute Gasteiger partial charge is 0.387 e. The Morgan fingerprint density at radius 2 is 1.90 bits per heavy atom. The third kappa shape index (κ3) is 7.42. The van der Waals surface area contributed by atoms with Crippen LogP contribution in [0.25, 0.3) is 0 Å². The van der Waals surface area contributed by atoms with Gasteiger partial charge in [0.15, 0.2) is 0 Å². The topological polar surface area (TPSA) is 21.3 Å². The second kappa shape index (κ2) is 9.72. The Hall–Kier alpha value is -1.16. The largest absolute Gasteiger partial charge is 0.435 e. The second-order valence-electron chi connectivity index (χ2n) is 5.59. The molecule has 0 amide bonds. The monoisotopic (exact) mass is 299 g/mol. The average Bonchev–Trinajstić information content (AvgIpc) is 2.43. The van der Waals surface area contributed by atoms with Crippen molar-refractivity contribution in [3.63, 3.8) is 0 Å². The van der Waals surface area contributed by atoms with Crippen LogP contribution >= 0.6 is 0 Å². The van der Waals surface area contributed by atoms with Crippen molar-refractivity contribution in [1.29, 1.82) is 0 Å². The Balaban J connectivity index is 2.45. The number of hydrogen-bond acceptors (Lipinski definition) is 2. The van der Waals surface area contributed by atoms with Gasteiger partial charge >= 0.3 is 6.61 Å². The summed E-state index contributed by atoms with van der Waals surface area (Å²) >= 11 is 0. The van der Waals surface area contributed by atoms with E-state index in [9.17, 15) is 8.78 Å². The molecular weight excluding hydrogens is 272 g/mol. The fraction of sp³-hybridized carbons (Fsp3) is 0.647. The number of halogens is 2. The molecule has 21 heavy (non-hydrogen) atoms. The van der Waals surface area contributed by atoms with Gasteiger partial charge in [0.05, 0.1) is 0 Å². The molecule has 1 aromatic carbocycles. The van der Waals surface area contributed by atoms with E-state index in [0.717, 1.165) is 12.0 Å². The fourth-order valence-corrected chi connectivity index (χ4v) is 2.44. The Morgan fingerprint density at radius 1 is 1.14 bits per heavy atom. The van der Waals surface area contributed by atoms with E-state index in [2.05, 4.69) is 23.9 Å². The number of hydrogen-bond donors (Lipinski definition) is 1. The molecule has 0 radical (unpaired) electrons. The van der Waals surface area contributed by atoms with Gasteiger partial charge < -0.3 is 10.1 Å². The highest BCUT2D eigenvalue weighted by atomic mass is 19.3. The van der Waals surface area contributed by atoms with Crippen molar-refractivity contribution in [3.8, 4) is 5.75 Å². The maximum atomic E-state index is 12.2. The van der Waals surface area contributed by atoms with Crippen LogP contribution in [-0.2, 0) is 0 Å². The summed E-state index contributed by atoms with van der Waals surface area (Å²) in [5, 5.41) is 3.51. The number of rotatable bonds is 10. The lowest BCUT2D eigenvalue weighted by molar-refractivity contribution is -0.0499. The van der Waals surface area contributed by atoms with Gasteiger partial charge in [-0.15, -0.1) is 0 Å². The van der Waals surface area contributed by atoms with Gasteiger partial charge in [-0.1, -0.05) is 44.7 Å². The van der Waals surface area contributed by atoms with E-state index in [0.29, 0.717) is 6.04 Å².